The Morgan fingerprint density at radius 1 is 1.08 bits per heavy atom. The molecule has 0 aromatic carbocycles. The van der Waals surface area contributed by atoms with Crippen LogP contribution in [-0.4, -0.2) is 21.4 Å². The van der Waals surface area contributed by atoms with Crippen LogP contribution >= 0.6 is 0 Å². The summed E-state index contributed by atoms with van der Waals surface area (Å²) in [6, 6.07) is 0. The zero-order valence-electron chi connectivity index (χ0n) is 15.4. The molecule has 0 saturated heterocycles. The van der Waals surface area contributed by atoms with Gasteiger partial charge in [-0.25, -0.2) is 0 Å². The number of nitrogens with one attached hydrogen (secondary N) is 1. The predicted molar refractivity (Wildman–Crippen MR) is 94.8 cm³/mol. The zero-order valence-corrected chi connectivity index (χ0v) is 15.4. The molecule has 5 rings (SSSR count). The van der Waals surface area contributed by atoms with Crippen LogP contribution in [0.5, 0.6) is 0 Å². The summed E-state index contributed by atoms with van der Waals surface area (Å²) in [5, 5.41) is 18.1. The van der Waals surface area contributed by atoms with Crippen molar-refractivity contribution < 1.29 is 5.11 Å². The van der Waals surface area contributed by atoms with Crippen molar-refractivity contribution in [2.24, 2.45) is 29.1 Å². The number of nitrogens with zero attached hydrogens (tertiary/aromatic N) is 1. The van der Waals surface area contributed by atoms with E-state index in [0.29, 0.717) is 10.8 Å². The number of hydrogen-bond donors (Lipinski definition) is 2. The van der Waals surface area contributed by atoms with Gasteiger partial charge in [0.05, 0.1) is 11.8 Å². The molecule has 1 heterocycles. The normalized spacial score (nSPS) is 49.9. The smallest absolute Gasteiger partial charge is 0.0665 e. The van der Waals surface area contributed by atoms with Gasteiger partial charge in [-0.15, -0.1) is 0 Å². The van der Waals surface area contributed by atoms with Crippen molar-refractivity contribution in [1.29, 1.82) is 0 Å². The Morgan fingerprint density at radius 3 is 2.75 bits per heavy atom. The first kappa shape index (κ1) is 15.4. The van der Waals surface area contributed by atoms with Crippen LogP contribution in [0.1, 0.15) is 75.7 Å². The second-order valence-corrected chi connectivity index (χ2v) is 9.92. The number of aromatic nitrogens is 2. The molecule has 3 saturated carbocycles. The summed E-state index contributed by atoms with van der Waals surface area (Å²) in [6.45, 7) is 7.32. The van der Waals surface area contributed by atoms with Gasteiger partial charge in [0.2, 0.25) is 0 Å². The molecule has 0 unspecified atom stereocenters. The number of aromatic amines is 1. The SMILES string of the molecule is Cc1[nH]nc2c1[C@@]1(C)CC[C@H]3[C@H](CC[C@H]4C[C@@H](O)CC[C@@]43C)[C@H]1C2. The maximum absolute atomic E-state index is 10.2. The molecule has 3 heteroatoms. The van der Waals surface area contributed by atoms with Gasteiger partial charge < -0.3 is 5.11 Å². The molecule has 4 aliphatic carbocycles. The highest BCUT2D eigenvalue weighted by molar-refractivity contribution is 5.40. The van der Waals surface area contributed by atoms with Crippen molar-refractivity contribution >= 4 is 0 Å². The molecular formula is C21H32N2O. The lowest BCUT2D eigenvalue weighted by molar-refractivity contribution is -0.111. The molecule has 24 heavy (non-hydrogen) atoms. The van der Waals surface area contributed by atoms with Gasteiger partial charge >= 0.3 is 0 Å². The summed E-state index contributed by atoms with van der Waals surface area (Å²) < 4.78 is 0. The number of aliphatic hydroxyl groups is 1. The van der Waals surface area contributed by atoms with Crippen LogP contribution in [0.2, 0.25) is 0 Å². The van der Waals surface area contributed by atoms with Crippen LogP contribution in [-0.2, 0) is 11.8 Å². The first-order valence-electron chi connectivity index (χ1n) is 10.2. The summed E-state index contributed by atoms with van der Waals surface area (Å²) in [5.74, 6) is 3.29. The number of hydrogen-bond acceptors (Lipinski definition) is 2. The lowest BCUT2D eigenvalue weighted by atomic mass is 9.45. The first-order chi connectivity index (χ1) is 11.4. The number of rotatable bonds is 0. The molecule has 0 aliphatic heterocycles. The molecule has 0 radical (unpaired) electrons. The van der Waals surface area contributed by atoms with Gasteiger partial charge in [-0.2, -0.15) is 5.10 Å². The van der Waals surface area contributed by atoms with Crippen molar-refractivity contribution in [2.75, 3.05) is 0 Å². The van der Waals surface area contributed by atoms with Crippen LogP contribution < -0.4 is 0 Å². The van der Waals surface area contributed by atoms with E-state index in [4.69, 9.17) is 0 Å². The van der Waals surface area contributed by atoms with E-state index in [1.165, 1.54) is 49.9 Å². The van der Waals surface area contributed by atoms with E-state index < -0.39 is 0 Å². The van der Waals surface area contributed by atoms with E-state index in [0.717, 1.165) is 36.5 Å². The average Bonchev–Trinajstić information content (AvgIpc) is 3.06. The molecule has 0 amide bonds. The largest absolute Gasteiger partial charge is 0.393 e. The molecule has 3 nitrogen and oxygen atoms in total. The monoisotopic (exact) mass is 328 g/mol. The van der Waals surface area contributed by atoms with E-state index in [-0.39, 0.29) is 6.10 Å². The second kappa shape index (κ2) is 4.87. The van der Waals surface area contributed by atoms with Gasteiger partial charge in [-0.05, 0) is 92.8 Å². The Labute approximate surface area is 145 Å². The zero-order chi connectivity index (χ0) is 16.7. The van der Waals surface area contributed by atoms with Gasteiger partial charge in [0.15, 0.2) is 0 Å². The quantitative estimate of drug-likeness (QED) is 0.752. The van der Waals surface area contributed by atoms with Gasteiger partial charge in [0, 0.05) is 11.3 Å². The molecule has 2 N–H and O–H groups in total. The number of aliphatic hydroxyl groups excluding tert-OH is 1. The minimum atomic E-state index is -0.0347. The molecule has 4 aliphatic rings. The van der Waals surface area contributed by atoms with E-state index in [2.05, 4.69) is 31.0 Å². The highest BCUT2D eigenvalue weighted by atomic mass is 16.3. The van der Waals surface area contributed by atoms with Crippen molar-refractivity contribution in [3.05, 3.63) is 17.0 Å². The minimum absolute atomic E-state index is 0.0347. The number of H-pyrrole nitrogens is 1. The van der Waals surface area contributed by atoms with Gasteiger partial charge in [0.1, 0.15) is 0 Å². The molecule has 3 fully saturated rings. The van der Waals surface area contributed by atoms with Crippen LogP contribution in [0.15, 0.2) is 0 Å². The van der Waals surface area contributed by atoms with Gasteiger partial charge in [0.25, 0.3) is 0 Å². The van der Waals surface area contributed by atoms with Gasteiger partial charge in [-0.1, -0.05) is 13.8 Å². The molecule has 1 aromatic heterocycles. The Balaban J connectivity index is 1.50. The summed E-state index contributed by atoms with van der Waals surface area (Å²) >= 11 is 0. The summed E-state index contributed by atoms with van der Waals surface area (Å²) in [5.41, 5.74) is 5.08. The molecule has 1 aromatic rings. The lowest BCUT2D eigenvalue weighted by Gasteiger charge is -2.60. The summed E-state index contributed by atoms with van der Waals surface area (Å²) in [4.78, 5) is 0. The fraction of sp³-hybridized carbons (Fsp3) is 0.857. The van der Waals surface area contributed by atoms with E-state index in [1.807, 2.05) is 0 Å². The molecule has 132 valence electrons. The number of fused-ring (bicyclic) bond motifs is 7. The van der Waals surface area contributed by atoms with Gasteiger partial charge in [-0.3, -0.25) is 5.10 Å². The maximum Gasteiger partial charge on any atom is 0.0665 e. The Kier molecular flexibility index (Phi) is 3.13. The Hall–Kier alpha value is -0.830. The third-order valence-electron chi connectivity index (χ3n) is 9.03. The standard InChI is InChI=1S/C21H32N2O/c1-12-19-18(23-22-12)11-17-15-5-4-13-10-14(24)6-8-20(13,2)16(15)7-9-21(17,19)3/h13-17,24H,4-11H2,1-3H3,(H,22,23)/t13-,14-,15-,16-,17+,20-,21-/m0/s1. The summed E-state index contributed by atoms with van der Waals surface area (Å²) in [7, 11) is 0. The fourth-order valence-corrected chi connectivity index (χ4v) is 7.84. The molecular weight excluding hydrogens is 296 g/mol. The average molecular weight is 329 g/mol. The molecule has 0 bridgehead atoms. The third-order valence-corrected chi connectivity index (χ3v) is 9.03. The van der Waals surface area contributed by atoms with E-state index >= 15 is 0 Å². The van der Waals surface area contributed by atoms with E-state index in [1.54, 1.807) is 5.56 Å². The topological polar surface area (TPSA) is 48.9 Å². The van der Waals surface area contributed by atoms with Crippen LogP contribution in [0.3, 0.4) is 0 Å². The van der Waals surface area contributed by atoms with Crippen molar-refractivity contribution in [3.8, 4) is 0 Å². The van der Waals surface area contributed by atoms with Crippen molar-refractivity contribution in [1.82, 2.24) is 10.2 Å². The minimum Gasteiger partial charge on any atom is -0.393 e. The Bertz CT molecular complexity index is 667. The Morgan fingerprint density at radius 2 is 1.92 bits per heavy atom. The lowest BCUT2D eigenvalue weighted by Crippen LogP contribution is -2.54. The highest BCUT2D eigenvalue weighted by Crippen LogP contribution is 2.65. The predicted octanol–water partition coefficient (Wildman–Crippen LogP) is 4.14. The summed E-state index contributed by atoms with van der Waals surface area (Å²) in [6.07, 6.45) is 9.92. The van der Waals surface area contributed by atoms with Crippen molar-refractivity contribution in [2.45, 2.75) is 83.7 Å². The molecule has 0 spiro atoms. The van der Waals surface area contributed by atoms with Crippen molar-refractivity contribution in [3.63, 3.8) is 0 Å². The maximum atomic E-state index is 10.2. The van der Waals surface area contributed by atoms with E-state index in [9.17, 15) is 5.11 Å². The molecule has 7 atom stereocenters. The fourth-order valence-electron chi connectivity index (χ4n) is 7.84. The van der Waals surface area contributed by atoms with Crippen LogP contribution in [0.4, 0.5) is 0 Å². The van der Waals surface area contributed by atoms with Crippen LogP contribution in [0.25, 0.3) is 0 Å². The number of aryl methyl sites for hydroxylation is 1. The van der Waals surface area contributed by atoms with Crippen LogP contribution in [0, 0.1) is 36.0 Å². The third kappa shape index (κ3) is 1.80. The highest BCUT2D eigenvalue weighted by Gasteiger charge is 2.59. The second-order valence-electron chi connectivity index (χ2n) is 9.92. The first-order valence-corrected chi connectivity index (χ1v) is 10.2.